The van der Waals surface area contributed by atoms with Crippen molar-refractivity contribution in [3.05, 3.63) is 0 Å². The van der Waals surface area contributed by atoms with Gasteiger partial charge in [-0.15, -0.1) is 0 Å². The van der Waals surface area contributed by atoms with Crippen LogP contribution in [0.4, 0.5) is 26.3 Å². The molecule has 2 nitrogen and oxygen atoms in total. The van der Waals surface area contributed by atoms with Gasteiger partial charge in [-0.1, -0.05) is 27.2 Å². The smallest absolute Gasteiger partial charge is 0.359 e. The predicted molar refractivity (Wildman–Crippen MR) is 63.4 cm³/mol. The van der Waals surface area contributed by atoms with Gasteiger partial charge in [-0.25, -0.2) is 0 Å². The maximum absolute atomic E-state index is 12.3. The van der Waals surface area contributed by atoms with Gasteiger partial charge in [0.15, 0.2) is 0 Å². The summed E-state index contributed by atoms with van der Waals surface area (Å²) in [6.07, 6.45) is -13.3. The highest BCUT2D eigenvalue weighted by Gasteiger charge is 2.58. The first kappa shape index (κ1) is 19.5. The Morgan fingerprint density at radius 2 is 1.50 bits per heavy atom. The minimum Gasteiger partial charge on any atom is -0.359 e. The zero-order chi connectivity index (χ0) is 16.0. The Labute approximate surface area is 114 Å². The van der Waals surface area contributed by atoms with Crippen molar-refractivity contribution in [3.63, 3.8) is 0 Å². The molecular weight excluding hydrogens is 288 g/mol. The Kier molecular flexibility index (Phi) is 7.87. The maximum atomic E-state index is 12.3. The minimum atomic E-state index is -5.46. The second kappa shape index (κ2) is 8.07. The first-order valence-corrected chi connectivity index (χ1v) is 6.52. The van der Waals surface area contributed by atoms with Crippen LogP contribution in [0, 0.1) is 5.92 Å². The van der Waals surface area contributed by atoms with Gasteiger partial charge in [0.2, 0.25) is 6.10 Å². The van der Waals surface area contributed by atoms with E-state index >= 15 is 0 Å². The molecule has 20 heavy (non-hydrogen) atoms. The normalized spacial score (nSPS) is 16.5. The first-order chi connectivity index (χ1) is 9.04. The molecule has 0 saturated heterocycles. The zero-order valence-electron chi connectivity index (χ0n) is 11.7. The fourth-order valence-electron chi connectivity index (χ4n) is 1.61. The summed E-state index contributed by atoms with van der Waals surface area (Å²) in [4.78, 5) is 0. The molecule has 122 valence electrons. The monoisotopic (exact) mass is 309 g/mol. The standard InChI is InChI=1S/C12H21F6NO/c1-4-6-19-9(8(3)5-2)7-20-10(11(13,14)15)12(16,17)18/h8-10,19H,4-7H2,1-3H3. The molecule has 0 heterocycles. The van der Waals surface area contributed by atoms with E-state index in [-0.39, 0.29) is 5.92 Å². The first-order valence-electron chi connectivity index (χ1n) is 6.52. The molecule has 0 aromatic carbocycles. The number of alkyl halides is 6. The molecule has 2 atom stereocenters. The Hall–Kier alpha value is -0.500. The van der Waals surface area contributed by atoms with Gasteiger partial charge in [-0.05, 0) is 18.9 Å². The van der Waals surface area contributed by atoms with Crippen LogP contribution in [0.2, 0.25) is 0 Å². The van der Waals surface area contributed by atoms with Crippen molar-refractivity contribution in [2.24, 2.45) is 5.92 Å². The third kappa shape index (κ3) is 6.78. The Morgan fingerprint density at radius 3 is 1.85 bits per heavy atom. The van der Waals surface area contributed by atoms with E-state index in [9.17, 15) is 26.3 Å². The van der Waals surface area contributed by atoms with E-state index < -0.39 is 31.1 Å². The Balaban J connectivity index is 4.70. The lowest BCUT2D eigenvalue weighted by molar-refractivity contribution is -0.323. The predicted octanol–water partition coefficient (Wildman–Crippen LogP) is 3.91. The van der Waals surface area contributed by atoms with E-state index in [1.165, 1.54) is 0 Å². The molecule has 0 aliphatic rings. The number of nitrogens with one attached hydrogen (secondary N) is 1. The topological polar surface area (TPSA) is 21.3 Å². The van der Waals surface area contributed by atoms with Crippen LogP contribution in [-0.4, -0.2) is 37.7 Å². The Morgan fingerprint density at radius 1 is 1.00 bits per heavy atom. The minimum absolute atomic E-state index is 0.0799. The summed E-state index contributed by atoms with van der Waals surface area (Å²) in [5.41, 5.74) is 0. The molecule has 0 amide bonds. The van der Waals surface area contributed by atoms with Crippen molar-refractivity contribution in [2.75, 3.05) is 13.2 Å². The summed E-state index contributed by atoms with van der Waals surface area (Å²) in [6.45, 7) is 5.32. The largest absolute Gasteiger partial charge is 0.423 e. The molecule has 0 aliphatic heterocycles. The maximum Gasteiger partial charge on any atom is 0.423 e. The highest BCUT2D eigenvalue weighted by atomic mass is 19.4. The molecule has 0 spiro atoms. The van der Waals surface area contributed by atoms with Crippen LogP contribution in [0.1, 0.15) is 33.6 Å². The van der Waals surface area contributed by atoms with E-state index in [2.05, 4.69) is 10.1 Å². The van der Waals surface area contributed by atoms with Gasteiger partial charge in [-0.2, -0.15) is 26.3 Å². The SMILES string of the molecule is CCCNC(COC(C(F)(F)F)C(F)(F)F)C(C)CC. The molecule has 0 aromatic heterocycles. The van der Waals surface area contributed by atoms with Gasteiger partial charge >= 0.3 is 12.4 Å². The quantitative estimate of drug-likeness (QED) is 0.686. The van der Waals surface area contributed by atoms with Crippen LogP contribution in [0.15, 0.2) is 0 Å². The molecule has 2 unspecified atom stereocenters. The van der Waals surface area contributed by atoms with Crippen molar-refractivity contribution < 1.29 is 31.1 Å². The number of hydrogen-bond donors (Lipinski definition) is 1. The lowest BCUT2D eigenvalue weighted by Gasteiger charge is -2.28. The molecule has 0 aliphatic carbocycles. The van der Waals surface area contributed by atoms with Crippen molar-refractivity contribution >= 4 is 0 Å². The molecular formula is C12H21F6NO. The van der Waals surface area contributed by atoms with Crippen molar-refractivity contribution in [2.45, 2.75) is 58.1 Å². The van der Waals surface area contributed by atoms with Gasteiger partial charge < -0.3 is 10.1 Å². The van der Waals surface area contributed by atoms with Crippen LogP contribution in [0.25, 0.3) is 0 Å². The summed E-state index contributed by atoms with van der Waals surface area (Å²) in [5.74, 6) is -0.0799. The summed E-state index contributed by atoms with van der Waals surface area (Å²) < 4.78 is 78.2. The molecule has 0 saturated carbocycles. The third-order valence-electron chi connectivity index (χ3n) is 3.02. The van der Waals surface area contributed by atoms with E-state index in [4.69, 9.17) is 0 Å². The molecule has 0 rings (SSSR count). The molecule has 0 radical (unpaired) electrons. The highest BCUT2D eigenvalue weighted by Crippen LogP contribution is 2.35. The number of rotatable bonds is 8. The van der Waals surface area contributed by atoms with Crippen LogP contribution in [0.3, 0.4) is 0 Å². The summed E-state index contributed by atoms with van der Waals surface area (Å²) in [6, 6.07) is -0.535. The van der Waals surface area contributed by atoms with Crippen molar-refractivity contribution in [3.8, 4) is 0 Å². The molecule has 1 N–H and O–H groups in total. The average Bonchev–Trinajstić information content (AvgIpc) is 2.29. The number of halogens is 6. The van der Waals surface area contributed by atoms with Gasteiger partial charge in [0.25, 0.3) is 0 Å². The van der Waals surface area contributed by atoms with E-state index in [1.54, 1.807) is 6.92 Å². The van der Waals surface area contributed by atoms with Crippen LogP contribution in [0.5, 0.6) is 0 Å². The fraction of sp³-hybridized carbons (Fsp3) is 1.00. The summed E-state index contributed by atoms with van der Waals surface area (Å²) >= 11 is 0. The third-order valence-corrected chi connectivity index (χ3v) is 3.02. The van der Waals surface area contributed by atoms with Gasteiger partial charge in [0.05, 0.1) is 6.61 Å². The lowest BCUT2D eigenvalue weighted by Crippen LogP contribution is -2.48. The van der Waals surface area contributed by atoms with Gasteiger partial charge in [0.1, 0.15) is 0 Å². The fourth-order valence-corrected chi connectivity index (χ4v) is 1.61. The van der Waals surface area contributed by atoms with Crippen molar-refractivity contribution in [1.29, 1.82) is 0 Å². The summed E-state index contributed by atoms with van der Waals surface area (Å²) in [5, 5.41) is 2.92. The summed E-state index contributed by atoms with van der Waals surface area (Å²) in [7, 11) is 0. The van der Waals surface area contributed by atoms with E-state index in [0.717, 1.165) is 6.42 Å². The number of ether oxygens (including phenoxy) is 1. The van der Waals surface area contributed by atoms with Crippen LogP contribution < -0.4 is 5.32 Å². The van der Waals surface area contributed by atoms with Crippen LogP contribution in [-0.2, 0) is 4.74 Å². The Bertz CT molecular complexity index is 252. The molecule has 0 fully saturated rings. The lowest BCUT2D eigenvalue weighted by atomic mass is 10.00. The number of hydrogen-bond acceptors (Lipinski definition) is 2. The van der Waals surface area contributed by atoms with E-state index in [1.807, 2.05) is 13.8 Å². The molecule has 0 bridgehead atoms. The van der Waals surface area contributed by atoms with Gasteiger partial charge in [-0.3, -0.25) is 0 Å². The molecule has 0 aromatic rings. The molecule has 8 heteroatoms. The van der Waals surface area contributed by atoms with Crippen LogP contribution >= 0.6 is 0 Å². The van der Waals surface area contributed by atoms with Crippen molar-refractivity contribution in [1.82, 2.24) is 5.32 Å². The highest BCUT2D eigenvalue weighted by molar-refractivity contribution is 4.79. The zero-order valence-corrected chi connectivity index (χ0v) is 11.7. The van der Waals surface area contributed by atoms with Gasteiger partial charge in [0, 0.05) is 6.04 Å². The average molecular weight is 309 g/mol. The van der Waals surface area contributed by atoms with E-state index in [0.29, 0.717) is 13.0 Å². The second-order valence-electron chi connectivity index (χ2n) is 4.74. The second-order valence-corrected chi connectivity index (χ2v) is 4.74.